The number of rotatable bonds is 6. The monoisotopic (exact) mass is 429 g/mol. The molecule has 2 fully saturated rings. The topological polar surface area (TPSA) is 78.8 Å². The highest BCUT2D eigenvalue weighted by molar-refractivity contribution is 7.09. The fourth-order valence-corrected chi connectivity index (χ4v) is 4.76. The van der Waals surface area contributed by atoms with Crippen molar-refractivity contribution in [2.45, 2.75) is 51.7 Å². The van der Waals surface area contributed by atoms with Crippen LogP contribution in [0.2, 0.25) is 0 Å². The third-order valence-electron chi connectivity index (χ3n) is 5.70. The molecule has 2 aliphatic rings. The van der Waals surface area contributed by atoms with E-state index in [1.54, 1.807) is 6.20 Å². The summed E-state index contributed by atoms with van der Waals surface area (Å²) in [4.78, 5) is 18.2. The molecule has 8 nitrogen and oxygen atoms in total. The van der Waals surface area contributed by atoms with Crippen LogP contribution in [0.15, 0.2) is 23.3 Å². The number of aryl methyl sites for hydroxylation is 1. The lowest BCUT2D eigenvalue weighted by atomic mass is 10.2. The molecular weight excluding hydrogens is 398 g/mol. The van der Waals surface area contributed by atoms with Gasteiger partial charge in [0.25, 0.3) is 0 Å². The van der Waals surface area contributed by atoms with Crippen molar-refractivity contribution in [2.24, 2.45) is 4.99 Å². The zero-order chi connectivity index (χ0) is 20.8. The second kappa shape index (κ2) is 10.1. The van der Waals surface area contributed by atoms with Gasteiger partial charge in [-0.25, -0.2) is 9.97 Å². The molecule has 0 spiro atoms. The number of anilines is 1. The molecule has 4 rings (SSSR count). The number of nitrogens with zero attached hydrogens (tertiary/aromatic N) is 6. The van der Waals surface area contributed by atoms with Crippen LogP contribution in [0.4, 0.5) is 5.13 Å². The van der Waals surface area contributed by atoms with E-state index in [-0.39, 0.29) is 0 Å². The maximum atomic E-state index is 6.17. The molecule has 0 unspecified atom stereocenters. The SMILES string of the molecule is CCc1nsc(N2CCN(C(=NC)NCc3cccnc3OC3CCCC3)CC2)n1. The summed E-state index contributed by atoms with van der Waals surface area (Å²) in [5.41, 5.74) is 1.07. The number of piperazine rings is 1. The minimum atomic E-state index is 0.305. The molecule has 30 heavy (non-hydrogen) atoms. The molecule has 9 heteroatoms. The summed E-state index contributed by atoms with van der Waals surface area (Å²) in [6.45, 7) is 6.38. The van der Waals surface area contributed by atoms with E-state index in [0.29, 0.717) is 12.6 Å². The summed E-state index contributed by atoms with van der Waals surface area (Å²) < 4.78 is 10.6. The van der Waals surface area contributed by atoms with Gasteiger partial charge < -0.3 is 19.9 Å². The van der Waals surface area contributed by atoms with Gasteiger partial charge >= 0.3 is 0 Å². The molecule has 0 aromatic carbocycles. The number of aromatic nitrogens is 3. The lowest BCUT2D eigenvalue weighted by Gasteiger charge is -2.36. The van der Waals surface area contributed by atoms with Crippen LogP contribution in [0, 0.1) is 0 Å². The predicted molar refractivity (Wildman–Crippen MR) is 120 cm³/mol. The Morgan fingerprint density at radius 2 is 2.07 bits per heavy atom. The Balaban J connectivity index is 1.31. The van der Waals surface area contributed by atoms with E-state index in [0.717, 1.165) is 73.8 Å². The van der Waals surface area contributed by atoms with Gasteiger partial charge in [-0.05, 0) is 31.7 Å². The van der Waals surface area contributed by atoms with E-state index >= 15 is 0 Å². The van der Waals surface area contributed by atoms with Crippen molar-refractivity contribution in [3.8, 4) is 5.88 Å². The van der Waals surface area contributed by atoms with Crippen LogP contribution in [-0.4, -0.2) is 64.5 Å². The van der Waals surface area contributed by atoms with Gasteiger partial charge in [0, 0.05) is 69.5 Å². The van der Waals surface area contributed by atoms with Gasteiger partial charge in [-0.1, -0.05) is 13.0 Å². The number of hydrogen-bond acceptors (Lipinski definition) is 7. The summed E-state index contributed by atoms with van der Waals surface area (Å²) in [6.07, 6.45) is 7.75. The summed E-state index contributed by atoms with van der Waals surface area (Å²) in [5, 5.41) is 4.53. The van der Waals surface area contributed by atoms with E-state index in [9.17, 15) is 0 Å². The number of aliphatic imine (C=N–C) groups is 1. The standard InChI is InChI=1S/C21H31N7OS/c1-3-18-25-21(30-26-18)28-13-11-27(12-14-28)20(22-2)24-15-16-7-6-10-23-19(16)29-17-8-4-5-9-17/h6-7,10,17H,3-5,8-9,11-15H2,1-2H3,(H,22,24). The van der Waals surface area contributed by atoms with E-state index < -0.39 is 0 Å². The van der Waals surface area contributed by atoms with Crippen molar-refractivity contribution in [1.82, 2.24) is 24.6 Å². The number of pyridine rings is 1. The first-order valence-electron chi connectivity index (χ1n) is 10.9. The number of ether oxygens (including phenoxy) is 1. The van der Waals surface area contributed by atoms with Crippen molar-refractivity contribution in [3.63, 3.8) is 0 Å². The minimum absolute atomic E-state index is 0.305. The first-order valence-corrected chi connectivity index (χ1v) is 11.7. The third-order valence-corrected chi connectivity index (χ3v) is 6.52. The molecule has 0 bridgehead atoms. The van der Waals surface area contributed by atoms with E-state index in [1.165, 1.54) is 24.4 Å². The van der Waals surface area contributed by atoms with Crippen LogP contribution in [-0.2, 0) is 13.0 Å². The quantitative estimate of drug-likeness (QED) is 0.559. The molecule has 1 aliphatic carbocycles. The lowest BCUT2D eigenvalue weighted by molar-refractivity contribution is 0.199. The first-order chi connectivity index (χ1) is 14.8. The van der Waals surface area contributed by atoms with Crippen molar-refractivity contribution < 1.29 is 4.74 Å². The Labute approximate surface area is 182 Å². The zero-order valence-corrected chi connectivity index (χ0v) is 18.7. The Bertz CT molecular complexity index is 841. The van der Waals surface area contributed by atoms with Crippen LogP contribution >= 0.6 is 11.5 Å². The number of hydrogen-bond donors (Lipinski definition) is 1. The smallest absolute Gasteiger partial charge is 0.218 e. The third kappa shape index (κ3) is 5.00. The largest absolute Gasteiger partial charge is 0.474 e. The van der Waals surface area contributed by atoms with Gasteiger partial charge in [-0.2, -0.15) is 4.37 Å². The van der Waals surface area contributed by atoms with Crippen molar-refractivity contribution >= 4 is 22.6 Å². The number of guanidine groups is 1. The minimum Gasteiger partial charge on any atom is -0.474 e. The van der Waals surface area contributed by atoms with E-state index in [4.69, 9.17) is 4.74 Å². The zero-order valence-electron chi connectivity index (χ0n) is 17.9. The Kier molecular flexibility index (Phi) is 6.99. The van der Waals surface area contributed by atoms with Gasteiger partial charge in [-0.3, -0.25) is 4.99 Å². The van der Waals surface area contributed by atoms with Crippen molar-refractivity contribution in [3.05, 3.63) is 29.7 Å². The summed E-state index contributed by atoms with van der Waals surface area (Å²) in [6, 6.07) is 4.04. The molecule has 3 heterocycles. The number of nitrogens with one attached hydrogen (secondary N) is 1. The van der Waals surface area contributed by atoms with E-state index in [1.807, 2.05) is 13.1 Å². The Hall–Kier alpha value is -2.42. The maximum Gasteiger partial charge on any atom is 0.218 e. The molecule has 2 aromatic heterocycles. The predicted octanol–water partition coefficient (Wildman–Crippen LogP) is 2.71. The molecule has 1 aliphatic heterocycles. The summed E-state index contributed by atoms with van der Waals surface area (Å²) in [5.74, 6) is 2.60. The molecule has 1 saturated heterocycles. The highest BCUT2D eigenvalue weighted by atomic mass is 32.1. The normalized spacial score (nSPS) is 18.1. The summed E-state index contributed by atoms with van der Waals surface area (Å²) >= 11 is 1.50. The molecule has 0 amide bonds. The van der Waals surface area contributed by atoms with Crippen LogP contribution < -0.4 is 15.0 Å². The second-order valence-corrected chi connectivity index (χ2v) is 8.44. The average Bonchev–Trinajstić information content (AvgIpc) is 3.48. The first kappa shape index (κ1) is 20.8. The van der Waals surface area contributed by atoms with E-state index in [2.05, 4.69) is 47.4 Å². The molecule has 1 N–H and O–H groups in total. The highest BCUT2D eigenvalue weighted by Gasteiger charge is 2.23. The fraction of sp³-hybridized carbons (Fsp3) is 0.619. The molecule has 2 aromatic rings. The van der Waals surface area contributed by atoms with Gasteiger partial charge in [0.05, 0.1) is 0 Å². The van der Waals surface area contributed by atoms with Gasteiger partial charge in [0.1, 0.15) is 11.9 Å². The van der Waals surface area contributed by atoms with Crippen LogP contribution in [0.1, 0.15) is 44.0 Å². The lowest BCUT2D eigenvalue weighted by Crippen LogP contribution is -2.52. The van der Waals surface area contributed by atoms with Gasteiger partial charge in [0.15, 0.2) is 5.96 Å². The molecule has 0 atom stereocenters. The van der Waals surface area contributed by atoms with Crippen molar-refractivity contribution in [1.29, 1.82) is 0 Å². The Morgan fingerprint density at radius 3 is 2.77 bits per heavy atom. The molecular formula is C21H31N7OS. The molecule has 162 valence electrons. The van der Waals surface area contributed by atoms with Crippen molar-refractivity contribution in [2.75, 3.05) is 38.1 Å². The Morgan fingerprint density at radius 1 is 1.27 bits per heavy atom. The van der Waals surface area contributed by atoms with Crippen LogP contribution in [0.25, 0.3) is 0 Å². The highest BCUT2D eigenvalue weighted by Crippen LogP contribution is 2.25. The maximum absolute atomic E-state index is 6.17. The molecule has 1 saturated carbocycles. The average molecular weight is 430 g/mol. The fourth-order valence-electron chi connectivity index (χ4n) is 3.96. The van der Waals surface area contributed by atoms with Gasteiger partial charge in [0.2, 0.25) is 11.0 Å². The summed E-state index contributed by atoms with van der Waals surface area (Å²) in [7, 11) is 1.84. The van der Waals surface area contributed by atoms with Crippen LogP contribution in [0.3, 0.4) is 0 Å². The molecule has 0 radical (unpaired) electrons. The van der Waals surface area contributed by atoms with Crippen LogP contribution in [0.5, 0.6) is 5.88 Å². The second-order valence-electron chi connectivity index (χ2n) is 7.71. The van der Waals surface area contributed by atoms with Gasteiger partial charge in [-0.15, -0.1) is 0 Å².